The molecule has 0 amide bonds. The number of nitrogen functional groups attached to an aromatic ring is 1. The molecule has 0 fully saturated rings. The lowest BCUT2D eigenvalue weighted by Gasteiger charge is -2.21. The molecule has 0 heterocycles. The molecule has 102 valence electrons. The molecule has 3 heteroatoms. The van der Waals surface area contributed by atoms with Crippen LogP contribution in [0.1, 0.15) is 45.4 Å². The normalized spacial score (nSPS) is 10.6. The Kier molecular flexibility index (Phi) is 7.18. The van der Waals surface area contributed by atoms with Crippen molar-refractivity contribution in [2.24, 2.45) is 0 Å². The monoisotopic (exact) mass is 312 g/mol. The number of nitrogens with two attached hydrogens (primary N) is 1. The number of hydrogen-bond donors (Lipinski definition) is 1. The van der Waals surface area contributed by atoms with Crippen LogP contribution in [0.2, 0.25) is 0 Å². The summed E-state index contributed by atoms with van der Waals surface area (Å²) in [5.41, 5.74) is 8.00. The van der Waals surface area contributed by atoms with Crippen molar-refractivity contribution < 1.29 is 0 Å². The van der Waals surface area contributed by atoms with Crippen molar-refractivity contribution in [2.45, 2.75) is 45.4 Å². The lowest BCUT2D eigenvalue weighted by molar-refractivity contribution is 0.606. The van der Waals surface area contributed by atoms with Gasteiger partial charge in [0.25, 0.3) is 0 Å². The summed E-state index contributed by atoms with van der Waals surface area (Å²) in [5.74, 6) is 0. The van der Waals surface area contributed by atoms with Gasteiger partial charge in [-0.1, -0.05) is 55.0 Å². The minimum absolute atomic E-state index is 0.845. The van der Waals surface area contributed by atoms with Gasteiger partial charge in [-0.2, -0.15) is 0 Å². The molecule has 0 aliphatic heterocycles. The van der Waals surface area contributed by atoms with Crippen LogP contribution in [0.5, 0.6) is 0 Å². The van der Waals surface area contributed by atoms with Gasteiger partial charge in [0.15, 0.2) is 0 Å². The highest BCUT2D eigenvalue weighted by molar-refractivity contribution is 9.10. The summed E-state index contributed by atoms with van der Waals surface area (Å²) in [4.78, 5) is 2.25. The highest BCUT2D eigenvalue weighted by atomic mass is 79.9. The number of anilines is 2. The quantitative estimate of drug-likeness (QED) is 0.550. The largest absolute Gasteiger partial charge is 0.397 e. The zero-order chi connectivity index (χ0) is 13.4. The maximum atomic E-state index is 6.02. The molecule has 0 aliphatic carbocycles. The van der Waals surface area contributed by atoms with Crippen LogP contribution < -0.4 is 10.6 Å². The molecular formula is C15H25BrN2. The zero-order valence-corrected chi connectivity index (χ0v) is 13.2. The van der Waals surface area contributed by atoms with Crippen LogP contribution in [-0.2, 0) is 0 Å². The van der Waals surface area contributed by atoms with E-state index in [1.165, 1.54) is 38.5 Å². The predicted molar refractivity (Wildman–Crippen MR) is 85.2 cm³/mol. The molecule has 1 aromatic carbocycles. The Hall–Kier alpha value is -0.700. The first-order chi connectivity index (χ1) is 8.65. The average molecular weight is 313 g/mol. The van der Waals surface area contributed by atoms with Crippen LogP contribution in [0.25, 0.3) is 0 Å². The van der Waals surface area contributed by atoms with Gasteiger partial charge in [0.1, 0.15) is 0 Å². The van der Waals surface area contributed by atoms with Crippen molar-refractivity contribution >= 4 is 27.3 Å². The summed E-state index contributed by atoms with van der Waals surface area (Å²) in [6.45, 7) is 3.34. The smallest absolute Gasteiger partial charge is 0.0598 e. The Labute approximate surface area is 120 Å². The van der Waals surface area contributed by atoms with E-state index in [4.69, 9.17) is 5.73 Å². The lowest BCUT2D eigenvalue weighted by atomic mass is 10.1. The number of benzene rings is 1. The fraction of sp³-hybridized carbons (Fsp3) is 0.600. The lowest BCUT2D eigenvalue weighted by Crippen LogP contribution is -2.19. The van der Waals surface area contributed by atoms with Crippen LogP contribution >= 0.6 is 15.9 Å². The van der Waals surface area contributed by atoms with Crippen molar-refractivity contribution in [2.75, 3.05) is 24.2 Å². The van der Waals surface area contributed by atoms with Crippen LogP contribution in [0, 0.1) is 0 Å². The molecule has 1 aromatic rings. The average Bonchev–Trinajstić information content (AvgIpc) is 2.33. The number of unbranched alkanes of at least 4 members (excludes halogenated alkanes) is 5. The van der Waals surface area contributed by atoms with Crippen LogP contribution in [0.15, 0.2) is 22.7 Å². The first kappa shape index (κ1) is 15.4. The molecule has 0 saturated carbocycles. The number of hydrogen-bond acceptors (Lipinski definition) is 2. The van der Waals surface area contributed by atoms with E-state index in [1.807, 2.05) is 12.1 Å². The summed E-state index contributed by atoms with van der Waals surface area (Å²) < 4.78 is 1.04. The molecule has 1 rings (SSSR count). The van der Waals surface area contributed by atoms with Gasteiger partial charge >= 0.3 is 0 Å². The minimum atomic E-state index is 0.845. The maximum absolute atomic E-state index is 6.02. The molecule has 0 bridgehead atoms. The van der Waals surface area contributed by atoms with E-state index in [1.54, 1.807) is 0 Å². The number of nitrogens with zero attached hydrogens (tertiary/aromatic N) is 1. The molecule has 0 aliphatic rings. The van der Waals surface area contributed by atoms with Gasteiger partial charge in [-0.3, -0.25) is 0 Å². The zero-order valence-electron chi connectivity index (χ0n) is 11.6. The van der Waals surface area contributed by atoms with Gasteiger partial charge < -0.3 is 10.6 Å². The molecule has 0 spiro atoms. The second-order valence-electron chi connectivity index (χ2n) is 4.89. The van der Waals surface area contributed by atoms with E-state index in [0.717, 1.165) is 22.4 Å². The van der Waals surface area contributed by atoms with Gasteiger partial charge in [-0.15, -0.1) is 0 Å². The Balaban J connectivity index is 2.29. The van der Waals surface area contributed by atoms with E-state index in [2.05, 4.69) is 40.9 Å². The highest BCUT2D eigenvalue weighted by Gasteiger charge is 2.05. The van der Waals surface area contributed by atoms with Crippen LogP contribution in [0.3, 0.4) is 0 Å². The van der Waals surface area contributed by atoms with Crippen molar-refractivity contribution in [3.63, 3.8) is 0 Å². The van der Waals surface area contributed by atoms with E-state index < -0.39 is 0 Å². The molecule has 2 nitrogen and oxygen atoms in total. The van der Waals surface area contributed by atoms with Gasteiger partial charge in [0.05, 0.1) is 11.4 Å². The summed E-state index contributed by atoms with van der Waals surface area (Å²) in [6, 6.07) is 6.09. The van der Waals surface area contributed by atoms with Crippen molar-refractivity contribution in [3.05, 3.63) is 22.7 Å². The molecule has 0 atom stereocenters. The van der Waals surface area contributed by atoms with E-state index >= 15 is 0 Å². The second-order valence-corrected chi connectivity index (χ2v) is 5.81. The summed E-state index contributed by atoms with van der Waals surface area (Å²) in [7, 11) is 2.12. The van der Waals surface area contributed by atoms with Crippen molar-refractivity contribution in [1.82, 2.24) is 0 Å². The van der Waals surface area contributed by atoms with Crippen LogP contribution in [-0.4, -0.2) is 13.6 Å². The van der Waals surface area contributed by atoms with Crippen LogP contribution in [0.4, 0.5) is 11.4 Å². The number of rotatable bonds is 8. The Morgan fingerprint density at radius 1 is 1.11 bits per heavy atom. The Morgan fingerprint density at radius 3 is 2.44 bits per heavy atom. The molecule has 18 heavy (non-hydrogen) atoms. The second kappa shape index (κ2) is 8.41. The topological polar surface area (TPSA) is 29.3 Å². The molecular weight excluding hydrogens is 288 g/mol. The van der Waals surface area contributed by atoms with Gasteiger partial charge in [-0.25, -0.2) is 0 Å². The Morgan fingerprint density at radius 2 is 1.78 bits per heavy atom. The first-order valence-corrected chi connectivity index (χ1v) is 7.70. The third kappa shape index (κ3) is 5.30. The molecule has 0 saturated heterocycles. The van der Waals surface area contributed by atoms with E-state index in [-0.39, 0.29) is 0 Å². The molecule has 0 aromatic heterocycles. The highest BCUT2D eigenvalue weighted by Crippen LogP contribution is 2.26. The van der Waals surface area contributed by atoms with Crippen molar-refractivity contribution in [1.29, 1.82) is 0 Å². The molecule has 0 unspecified atom stereocenters. The van der Waals surface area contributed by atoms with Gasteiger partial charge in [0, 0.05) is 18.1 Å². The Bertz CT molecular complexity index is 352. The molecule has 2 N–H and O–H groups in total. The SMILES string of the molecule is CCCCCCCCN(C)c1ccc(Br)cc1N. The fourth-order valence-electron chi connectivity index (χ4n) is 2.12. The summed E-state index contributed by atoms with van der Waals surface area (Å²) in [6.07, 6.45) is 7.99. The van der Waals surface area contributed by atoms with E-state index in [9.17, 15) is 0 Å². The summed E-state index contributed by atoms with van der Waals surface area (Å²) >= 11 is 3.43. The minimum Gasteiger partial charge on any atom is -0.397 e. The third-order valence-corrected chi connectivity index (χ3v) is 3.74. The fourth-order valence-corrected chi connectivity index (χ4v) is 2.50. The van der Waals surface area contributed by atoms with E-state index in [0.29, 0.717) is 0 Å². The first-order valence-electron chi connectivity index (χ1n) is 6.91. The van der Waals surface area contributed by atoms with Gasteiger partial charge in [-0.05, 0) is 24.6 Å². The summed E-state index contributed by atoms with van der Waals surface area (Å²) in [5, 5.41) is 0. The maximum Gasteiger partial charge on any atom is 0.0598 e. The van der Waals surface area contributed by atoms with Gasteiger partial charge in [0.2, 0.25) is 0 Å². The van der Waals surface area contributed by atoms with Crippen molar-refractivity contribution in [3.8, 4) is 0 Å². The number of halogens is 1. The molecule has 0 radical (unpaired) electrons. The standard InChI is InChI=1S/C15H25BrN2/c1-3-4-5-6-7-8-11-18(2)15-10-9-13(16)12-14(15)17/h9-10,12H,3-8,11,17H2,1-2H3. The predicted octanol–water partition coefficient (Wildman–Crippen LogP) is 4.83. The third-order valence-electron chi connectivity index (χ3n) is 3.25.